The van der Waals surface area contributed by atoms with Gasteiger partial charge in [-0.2, -0.15) is 15.3 Å². The van der Waals surface area contributed by atoms with Gasteiger partial charge in [0.2, 0.25) is 5.91 Å². The van der Waals surface area contributed by atoms with E-state index >= 15 is 0 Å². The molecule has 0 saturated heterocycles. The fourth-order valence-electron chi connectivity index (χ4n) is 9.93. The van der Waals surface area contributed by atoms with Gasteiger partial charge in [-0.3, -0.25) is 55.3 Å². The van der Waals surface area contributed by atoms with Crippen LogP contribution in [0.4, 0.5) is 5.69 Å². The molecule has 9 N–H and O–H groups in total. The minimum Gasteiger partial charge on any atom is -0.870 e. The van der Waals surface area contributed by atoms with Crippen LogP contribution in [-0.4, -0.2) is 139 Å². The number of nitrogen functional groups attached to an aromatic ring is 1. The zero-order valence-corrected chi connectivity index (χ0v) is 65.8. The number of carboxylic acid groups (broad SMARTS) is 1. The molecular weight excluding hydrogens is 1430 g/mol. The summed E-state index contributed by atoms with van der Waals surface area (Å²) < 4.78 is 14.6. The van der Waals surface area contributed by atoms with E-state index in [0.29, 0.717) is 59.0 Å². The molecule has 0 radical (unpaired) electrons. The van der Waals surface area contributed by atoms with Crippen LogP contribution < -0.4 is 52.3 Å². The molecule has 9 aromatic heterocycles. The number of nitrogens with one attached hydrogen (secondary N) is 1. The fourth-order valence-corrected chi connectivity index (χ4v) is 9.93. The third kappa shape index (κ3) is 25.6. The Kier molecular flexibility index (Phi) is 34.3. The van der Waals surface area contributed by atoms with E-state index in [1.54, 1.807) is 93.8 Å². The molecule has 4 aromatic carbocycles. The van der Waals surface area contributed by atoms with Crippen LogP contribution in [0.3, 0.4) is 0 Å². The van der Waals surface area contributed by atoms with Gasteiger partial charge in [-0.05, 0) is 188 Å². The van der Waals surface area contributed by atoms with Crippen LogP contribution in [0.15, 0.2) is 190 Å². The molecule has 0 spiro atoms. The Morgan fingerprint density at radius 3 is 1.08 bits per heavy atom. The molecule has 0 bridgehead atoms. The number of aromatic carboxylic acids is 1. The summed E-state index contributed by atoms with van der Waals surface area (Å²) in [6, 6.07) is 36.9. The zero-order valence-electron chi connectivity index (χ0n) is 63.0. The van der Waals surface area contributed by atoms with Gasteiger partial charge in [0.1, 0.15) is 36.5 Å². The number of hydrazine groups is 1. The van der Waals surface area contributed by atoms with Crippen LogP contribution in [-0.2, 0) is 27.2 Å². The monoisotopic (exact) mass is 1520 g/mol. The minimum atomic E-state index is -0.993. The number of nitrogens with zero attached hydrogens (tertiary/aromatic N) is 17. The number of rotatable bonds is 16. The number of benzene rings is 4. The number of carbonyl (C=O) groups excluding carboxylic acids is 4. The van der Waals surface area contributed by atoms with Gasteiger partial charge in [-0.15, -0.1) is 12.4 Å². The molecule has 0 unspecified atom stereocenters. The number of Topliss-reactive ketones (excluding diaryl/α,β-unsaturated/α-hetero) is 1. The van der Waals surface area contributed by atoms with Crippen molar-refractivity contribution in [1.29, 1.82) is 0 Å². The molecule has 562 valence electrons. The first-order valence-corrected chi connectivity index (χ1v) is 33.2. The molecule has 13 aromatic rings. The van der Waals surface area contributed by atoms with Crippen LogP contribution in [0, 0.1) is 62.3 Å². The van der Waals surface area contributed by atoms with Crippen LogP contribution in [0.5, 0.6) is 0 Å². The number of hydrogen-bond donors (Lipinski definition) is 5. The van der Waals surface area contributed by atoms with E-state index in [1.165, 1.54) is 40.1 Å². The number of nitrogens with two attached hydrogens (primary N) is 3. The summed E-state index contributed by atoms with van der Waals surface area (Å²) in [5, 5.41) is 21.9. The number of hydrogen-bond acceptors (Lipinski definition) is 25. The van der Waals surface area contributed by atoms with Crippen molar-refractivity contribution >= 4 is 47.7 Å². The fraction of sp³-hybridized carbons (Fsp3) is 0.192. The average Bonchev–Trinajstić information content (AvgIpc) is 1.42. The van der Waals surface area contributed by atoms with Crippen molar-refractivity contribution in [3.05, 3.63) is 275 Å². The summed E-state index contributed by atoms with van der Waals surface area (Å²) >= 11 is 0. The van der Waals surface area contributed by atoms with E-state index in [0.717, 1.165) is 107 Å². The summed E-state index contributed by atoms with van der Waals surface area (Å²) in [5.41, 5.74) is 30.7. The van der Waals surface area contributed by atoms with Gasteiger partial charge in [0, 0.05) is 103 Å². The molecule has 13 rings (SSSR count). The molecule has 0 aliphatic carbocycles. The van der Waals surface area contributed by atoms with E-state index in [9.17, 15) is 29.1 Å². The number of esters is 2. The number of carboxylic acids is 1. The number of ether oxygens (including phenoxy) is 2. The Balaban J connectivity index is 0.000000249. The van der Waals surface area contributed by atoms with Crippen molar-refractivity contribution in [3.63, 3.8) is 0 Å². The summed E-state index contributed by atoms with van der Waals surface area (Å²) in [6.07, 6.45) is 19.3. The predicted octanol–water partition coefficient (Wildman–Crippen LogP) is 8.35. The van der Waals surface area contributed by atoms with E-state index in [1.807, 2.05) is 153 Å². The molecule has 32 heteroatoms. The number of ketones is 1. The Morgan fingerprint density at radius 1 is 0.436 bits per heavy atom. The van der Waals surface area contributed by atoms with Crippen molar-refractivity contribution in [2.75, 3.05) is 19.6 Å². The molecule has 30 nitrogen and oxygen atoms in total. The Labute approximate surface area is 663 Å². The second-order valence-electron chi connectivity index (χ2n) is 24.1. The maximum atomic E-state index is 13.0. The number of primary amides is 1. The van der Waals surface area contributed by atoms with E-state index in [-0.39, 0.29) is 64.7 Å². The van der Waals surface area contributed by atoms with Gasteiger partial charge >= 0.3 is 47.5 Å². The molecule has 0 saturated carbocycles. The van der Waals surface area contributed by atoms with E-state index < -0.39 is 17.9 Å². The number of aryl methyl sites for hydroxylation is 10. The molecular formula is C78H83ClN21NaO9. The molecule has 0 aliphatic rings. The molecule has 9 heterocycles. The van der Waals surface area contributed by atoms with Crippen molar-refractivity contribution < 1.29 is 73.6 Å². The van der Waals surface area contributed by atoms with Gasteiger partial charge in [0.15, 0.2) is 5.78 Å². The Morgan fingerprint density at radius 2 is 0.773 bits per heavy atom. The maximum absolute atomic E-state index is 13.0. The van der Waals surface area contributed by atoms with Crippen molar-refractivity contribution in [2.45, 2.75) is 88.6 Å². The topological polar surface area (TPSA) is 439 Å². The first-order valence-electron chi connectivity index (χ1n) is 33.2. The van der Waals surface area contributed by atoms with Gasteiger partial charge in [0.25, 0.3) is 0 Å². The Bertz CT molecular complexity index is 5180. The standard InChI is InChI=1S/C23H22N6O.C17H16N4O2.C16H14N4O2.C14H15N3O2.C6H9N3.C2H5NO.ClH.Na.H2O/c1-15-4-6-22(26-11-15)18-8-19(10-21(9-18)29-17(3)27-14-28-29)23(30)7-5-20-13-24-16(2)12-25-20;1-11-4-5-16(18-9-11)13-6-14(17(22)23-3)8-15(7-13)21-12(2)19-10-20-21;1-10-3-4-15(17-8-10)12-5-13(16(21)22)7-14(6-12)20-11(2)18-9-19-20;1-9-3-4-13(16-8-9)10-5-11(14(18)19-2)7-12(6-10)17-15;1-5-3-9-6(2-7)4-8-5;1-2(3)4;;;/h4,6,8-14H,5,7H2,1-3H3;4-10H,1-3H3;3-9H,1-2H3,(H,21,22);3-8,17H,15H2,1-2H3;3-4H,2,7H2,1H3;1H3,(H2,3,4);1H;;1H2/q;;;;;;;+1;/p-1. The van der Waals surface area contributed by atoms with Crippen LogP contribution in [0.2, 0.25) is 0 Å². The van der Waals surface area contributed by atoms with Gasteiger partial charge < -0.3 is 36.9 Å². The van der Waals surface area contributed by atoms with Gasteiger partial charge in [-0.1, -0.05) is 24.3 Å². The van der Waals surface area contributed by atoms with Gasteiger partial charge in [0.05, 0.1) is 93.5 Å². The van der Waals surface area contributed by atoms with Crippen molar-refractivity contribution in [2.24, 2.45) is 17.3 Å². The molecule has 0 fully saturated rings. The number of carbonyl (C=O) groups is 5. The molecule has 110 heavy (non-hydrogen) atoms. The molecule has 0 aliphatic heterocycles. The summed E-state index contributed by atoms with van der Waals surface area (Å²) in [7, 11) is 2.70. The molecule has 0 atom stereocenters. The molecule has 1 amide bonds. The number of anilines is 1. The van der Waals surface area contributed by atoms with Crippen LogP contribution >= 0.6 is 12.4 Å². The third-order valence-corrected chi connectivity index (χ3v) is 15.5. The number of amides is 1. The third-order valence-electron chi connectivity index (χ3n) is 15.5. The SMILES string of the molecule is CC(N)=O.COC(=O)c1cc(-c2ccc(C)cn2)cc(-n2ncnc2C)c1.COC(=O)c1cc(NN)cc(-c2ccc(C)cn2)c1.Cc1ccc(-c2cc(C(=O)CCc3cnc(C)cn3)cc(-n3ncnc3C)c2)nc1.Cc1ccc(-c2cc(C(=O)O)cc(-n3ncnc3C)c2)nc1.Cc1cnc(CN)cn1.Cl.[Na+].[OH-]. The largest absolute Gasteiger partial charge is 1.00 e. The van der Waals surface area contributed by atoms with E-state index in [4.69, 9.17) is 21.1 Å². The second kappa shape index (κ2) is 42.8. The first kappa shape index (κ1) is 88.2. The Hall–Kier alpha value is -12.4. The van der Waals surface area contributed by atoms with Gasteiger partial charge in [-0.25, -0.2) is 43.4 Å². The first-order chi connectivity index (χ1) is 51.3. The van der Waals surface area contributed by atoms with Crippen molar-refractivity contribution in [3.8, 4) is 62.1 Å². The minimum absolute atomic E-state index is 0. The summed E-state index contributed by atoms with van der Waals surface area (Å²) in [6.45, 7) is 19.0. The van der Waals surface area contributed by atoms with Crippen LogP contribution in [0.1, 0.15) is 117 Å². The van der Waals surface area contributed by atoms with Crippen LogP contribution in [0.25, 0.3) is 62.1 Å². The normalized spacial score (nSPS) is 10.1. The summed E-state index contributed by atoms with van der Waals surface area (Å²) in [4.78, 5) is 104. The predicted molar refractivity (Wildman–Crippen MR) is 412 cm³/mol. The van der Waals surface area contributed by atoms with E-state index in [2.05, 4.69) is 81.3 Å². The zero-order chi connectivity index (χ0) is 77.3. The maximum Gasteiger partial charge on any atom is 1.00 e. The quantitative estimate of drug-likeness (QED) is 0.0199. The summed E-state index contributed by atoms with van der Waals surface area (Å²) in [5.74, 6) is 5.46. The number of aromatic nitrogens is 17. The second-order valence-corrected chi connectivity index (χ2v) is 24.1. The average molecular weight is 1520 g/mol. The number of pyridine rings is 4. The number of halogens is 1. The van der Waals surface area contributed by atoms with Crippen molar-refractivity contribution in [1.82, 2.24) is 84.2 Å². The number of methoxy groups -OCH3 is 2. The smallest absolute Gasteiger partial charge is 0.870 e.